The molecule has 0 radical (unpaired) electrons. The molecule has 11 nitrogen and oxygen atoms in total. The molecule has 1 aliphatic carbocycles. The quantitative estimate of drug-likeness (QED) is 0.332. The molecule has 0 saturated heterocycles. The minimum Gasteiger partial charge on any atom is -0.444 e. The number of imidazole rings is 1. The van der Waals surface area contributed by atoms with Crippen LogP contribution < -0.4 is 21.9 Å². The normalized spacial score (nSPS) is 13.3. The third-order valence-electron chi connectivity index (χ3n) is 6.16. The van der Waals surface area contributed by atoms with E-state index < -0.39 is 28.9 Å². The van der Waals surface area contributed by atoms with Crippen molar-refractivity contribution in [1.82, 2.24) is 19.1 Å². The Morgan fingerprint density at radius 3 is 2.28 bits per heavy atom. The first-order valence-corrected chi connectivity index (χ1v) is 12.8. The summed E-state index contributed by atoms with van der Waals surface area (Å²) in [6.07, 6.45) is 0.833. The van der Waals surface area contributed by atoms with Crippen LogP contribution in [0.15, 0.2) is 64.2 Å². The van der Waals surface area contributed by atoms with E-state index in [0.717, 1.165) is 18.4 Å². The first-order chi connectivity index (χ1) is 18.6. The number of para-hydroxylation sites is 2. The van der Waals surface area contributed by atoms with E-state index in [9.17, 15) is 19.2 Å². The summed E-state index contributed by atoms with van der Waals surface area (Å²) in [4.78, 5) is 58.2. The topological polar surface area (TPSA) is 140 Å². The van der Waals surface area contributed by atoms with Gasteiger partial charge in [-0.3, -0.25) is 24.5 Å². The van der Waals surface area contributed by atoms with Crippen molar-refractivity contribution in [2.75, 3.05) is 10.6 Å². The van der Waals surface area contributed by atoms with E-state index in [-0.39, 0.29) is 23.6 Å². The van der Waals surface area contributed by atoms with Gasteiger partial charge in [-0.1, -0.05) is 42.5 Å². The molecular formula is C28H30N6O5. The number of rotatable bonds is 7. The molecule has 5 rings (SSSR count). The van der Waals surface area contributed by atoms with Crippen molar-refractivity contribution in [2.45, 2.75) is 58.2 Å². The maximum atomic E-state index is 13.3. The van der Waals surface area contributed by atoms with Gasteiger partial charge in [0.25, 0.3) is 5.56 Å². The number of nitrogens with one attached hydrogen (secondary N) is 3. The standard InChI is InChI=1S/C28H30N6O5/c1-28(2,3)39-27(38)30-20-12-8-7-11-19(20)29-22(35)15-21-31-24-23(33(21)16-17-9-5-4-6-10-17)25(36)32-26(37)34(24)18-13-14-18/h4-12,18H,13-16H2,1-3H3,(H,29,35)(H,30,38)(H,32,36,37). The molecule has 0 unspecified atom stereocenters. The lowest BCUT2D eigenvalue weighted by Gasteiger charge is -2.20. The average molecular weight is 531 g/mol. The van der Waals surface area contributed by atoms with Crippen LogP contribution in [-0.2, 0) is 22.5 Å². The Morgan fingerprint density at radius 1 is 1.00 bits per heavy atom. The van der Waals surface area contributed by atoms with Crippen molar-refractivity contribution >= 4 is 34.5 Å². The lowest BCUT2D eigenvalue weighted by Crippen LogP contribution is -2.30. The van der Waals surface area contributed by atoms with Crippen LogP contribution in [0.3, 0.4) is 0 Å². The SMILES string of the molecule is CC(C)(C)OC(=O)Nc1ccccc1NC(=O)Cc1nc2c(c(=O)[nH]c(=O)n2C2CC2)n1Cc1ccccc1. The molecule has 4 aromatic rings. The molecule has 202 valence electrons. The minimum absolute atomic E-state index is 0.0237. The first-order valence-electron chi connectivity index (χ1n) is 12.8. The van der Waals surface area contributed by atoms with Crippen LogP contribution in [0.25, 0.3) is 11.2 Å². The van der Waals surface area contributed by atoms with Crippen molar-refractivity contribution in [1.29, 1.82) is 0 Å². The van der Waals surface area contributed by atoms with E-state index in [2.05, 4.69) is 20.6 Å². The van der Waals surface area contributed by atoms with Gasteiger partial charge in [0.1, 0.15) is 11.4 Å². The van der Waals surface area contributed by atoms with Crippen LogP contribution in [0, 0.1) is 0 Å². The number of carbonyl (C=O) groups is 2. The van der Waals surface area contributed by atoms with Gasteiger partial charge >= 0.3 is 11.8 Å². The van der Waals surface area contributed by atoms with E-state index in [4.69, 9.17) is 4.74 Å². The highest BCUT2D eigenvalue weighted by Gasteiger charge is 2.30. The van der Waals surface area contributed by atoms with E-state index >= 15 is 0 Å². The third kappa shape index (κ3) is 5.92. The maximum absolute atomic E-state index is 13.3. The number of benzene rings is 2. The molecule has 3 N–H and O–H groups in total. The number of carbonyl (C=O) groups excluding carboxylic acids is 2. The second-order valence-corrected chi connectivity index (χ2v) is 10.5. The molecule has 1 saturated carbocycles. The maximum Gasteiger partial charge on any atom is 0.412 e. The summed E-state index contributed by atoms with van der Waals surface area (Å²) in [7, 11) is 0. The van der Waals surface area contributed by atoms with Crippen LogP contribution in [0.2, 0.25) is 0 Å². The first kappa shape index (κ1) is 26.0. The van der Waals surface area contributed by atoms with Gasteiger partial charge in [0.2, 0.25) is 5.91 Å². The number of hydrogen-bond acceptors (Lipinski definition) is 6. The Bertz CT molecular complexity index is 1660. The summed E-state index contributed by atoms with van der Waals surface area (Å²) < 4.78 is 8.52. The Morgan fingerprint density at radius 2 is 1.64 bits per heavy atom. The molecule has 0 aliphatic heterocycles. The van der Waals surface area contributed by atoms with Crippen LogP contribution >= 0.6 is 0 Å². The Hall–Kier alpha value is -4.67. The monoisotopic (exact) mass is 530 g/mol. The highest BCUT2D eigenvalue weighted by atomic mass is 16.6. The van der Waals surface area contributed by atoms with Gasteiger partial charge in [-0.05, 0) is 51.3 Å². The third-order valence-corrected chi connectivity index (χ3v) is 6.16. The molecule has 2 aromatic carbocycles. The number of aromatic nitrogens is 4. The van der Waals surface area contributed by atoms with Gasteiger partial charge in [0, 0.05) is 12.6 Å². The highest BCUT2D eigenvalue weighted by molar-refractivity contribution is 5.98. The number of H-pyrrole nitrogens is 1. The molecule has 2 heterocycles. The summed E-state index contributed by atoms with van der Waals surface area (Å²) in [6.45, 7) is 5.57. The Labute approximate surface area is 223 Å². The highest BCUT2D eigenvalue weighted by Crippen LogP contribution is 2.35. The summed E-state index contributed by atoms with van der Waals surface area (Å²) in [5.74, 6) is -0.0655. The zero-order chi connectivity index (χ0) is 27.7. The van der Waals surface area contributed by atoms with Crippen molar-refractivity contribution in [3.8, 4) is 0 Å². The number of hydrogen-bond donors (Lipinski definition) is 3. The zero-order valence-electron chi connectivity index (χ0n) is 22.0. The summed E-state index contributed by atoms with van der Waals surface area (Å²) in [5.41, 5.74) is 0.459. The van der Waals surface area contributed by atoms with Crippen molar-refractivity contribution in [3.05, 3.63) is 86.8 Å². The minimum atomic E-state index is -0.681. The lowest BCUT2D eigenvalue weighted by molar-refractivity contribution is -0.115. The smallest absolute Gasteiger partial charge is 0.412 e. The van der Waals surface area contributed by atoms with E-state index in [0.29, 0.717) is 23.7 Å². The number of anilines is 2. The fourth-order valence-electron chi connectivity index (χ4n) is 4.39. The van der Waals surface area contributed by atoms with E-state index in [1.54, 1.807) is 49.6 Å². The number of ether oxygens (including phenoxy) is 1. The summed E-state index contributed by atoms with van der Waals surface area (Å²) in [5, 5.41) is 5.48. The number of fused-ring (bicyclic) bond motifs is 1. The fourth-order valence-corrected chi connectivity index (χ4v) is 4.39. The van der Waals surface area contributed by atoms with Crippen molar-refractivity contribution < 1.29 is 14.3 Å². The van der Waals surface area contributed by atoms with Crippen molar-refractivity contribution in [2.24, 2.45) is 0 Å². The Kier molecular flexibility index (Phi) is 6.81. The number of aromatic amines is 1. The molecule has 0 atom stereocenters. The second-order valence-electron chi connectivity index (χ2n) is 10.5. The molecule has 0 bridgehead atoms. The molecule has 39 heavy (non-hydrogen) atoms. The van der Waals surface area contributed by atoms with E-state index in [1.165, 1.54) is 4.57 Å². The van der Waals surface area contributed by atoms with Gasteiger partial charge in [0.05, 0.1) is 17.8 Å². The van der Waals surface area contributed by atoms with Gasteiger partial charge in [-0.2, -0.15) is 0 Å². The molecule has 1 aliphatic rings. The zero-order valence-corrected chi connectivity index (χ0v) is 22.0. The number of amides is 2. The Balaban J connectivity index is 1.47. The van der Waals surface area contributed by atoms with Crippen LogP contribution in [0.1, 0.15) is 51.0 Å². The molecule has 2 aromatic heterocycles. The van der Waals surface area contributed by atoms with Crippen LogP contribution in [0.4, 0.5) is 16.2 Å². The largest absolute Gasteiger partial charge is 0.444 e. The predicted molar refractivity (Wildman–Crippen MR) is 147 cm³/mol. The molecular weight excluding hydrogens is 500 g/mol. The van der Waals surface area contributed by atoms with E-state index in [1.807, 2.05) is 30.3 Å². The second kappa shape index (κ2) is 10.2. The average Bonchev–Trinajstić information content (AvgIpc) is 3.62. The van der Waals surface area contributed by atoms with Crippen LogP contribution in [0.5, 0.6) is 0 Å². The molecule has 0 spiro atoms. The van der Waals surface area contributed by atoms with Gasteiger partial charge in [0.15, 0.2) is 11.2 Å². The summed E-state index contributed by atoms with van der Waals surface area (Å²) in [6, 6.07) is 16.2. The fraction of sp³-hybridized carbons (Fsp3) is 0.321. The predicted octanol–water partition coefficient (Wildman–Crippen LogP) is 3.80. The summed E-state index contributed by atoms with van der Waals surface area (Å²) >= 11 is 0. The molecule has 2 amide bonds. The lowest BCUT2D eigenvalue weighted by atomic mass is 10.2. The molecule has 1 fully saturated rings. The van der Waals surface area contributed by atoms with Crippen molar-refractivity contribution in [3.63, 3.8) is 0 Å². The van der Waals surface area contributed by atoms with Gasteiger partial charge in [-0.15, -0.1) is 0 Å². The van der Waals surface area contributed by atoms with Gasteiger partial charge in [-0.25, -0.2) is 14.6 Å². The number of nitrogens with zero attached hydrogens (tertiary/aromatic N) is 3. The van der Waals surface area contributed by atoms with Gasteiger partial charge < -0.3 is 14.6 Å². The van der Waals surface area contributed by atoms with Crippen LogP contribution in [-0.4, -0.2) is 36.7 Å². The molecule has 11 heteroatoms.